The van der Waals surface area contributed by atoms with Gasteiger partial charge >= 0.3 is 0 Å². The van der Waals surface area contributed by atoms with Gasteiger partial charge in [0.15, 0.2) is 5.78 Å². The molecule has 5 aromatic rings. The quantitative estimate of drug-likeness (QED) is 0.268. The van der Waals surface area contributed by atoms with Crippen LogP contribution in [0.5, 0.6) is 0 Å². The van der Waals surface area contributed by atoms with Crippen LogP contribution in [-0.2, 0) is 0 Å². The van der Waals surface area contributed by atoms with Crippen molar-refractivity contribution in [1.29, 1.82) is 0 Å². The molecule has 0 aliphatic carbocycles. The van der Waals surface area contributed by atoms with Gasteiger partial charge in [-0.05, 0) is 48.9 Å². The minimum atomic E-state index is -0.456. The third-order valence-corrected chi connectivity index (χ3v) is 7.05. The van der Waals surface area contributed by atoms with E-state index in [-0.39, 0.29) is 5.78 Å². The first-order chi connectivity index (χ1) is 14.7. The fraction of sp³-hybridized carbons (Fsp3) is 0.214. The Bertz CT molecular complexity index is 1480. The molecule has 0 radical (unpaired) electrons. The smallest absolute Gasteiger partial charge is 0.170 e. The van der Waals surface area contributed by atoms with Gasteiger partial charge in [0.1, 0.15) is 0 Å². The van der Waals surface area contributed by atoms with Crippen LogP contribution in [0.25, 0.3) is 42.2 Å². The molecule has 0 N–H and O–H groups in total. The Morgan fingerprint density at radius 1 is 0.839 bits per heavy atom. The van der Waals surface area contributed by atoms with Crippen LogP contribution in [0.4, 0.5) is 0 Å². The van der Waals surface area contributed by atoms with Crippen molar-refractivity contribution in [3.63, 3.8) is 0 Å². The fourth-order valence-electron chi connectivity index (χ4n) is 4.42. The first-order valence-corrected chi connectivity index (χ1v) is 11.4. The second kappa shape index (κ2) is 7.00. The molecule has 2 heterocycles. The third-order valence-electron chi connectivity index (χ3n) is 5.80. The molecule has 154 valence electrons. The number of ketones is 1. The number of pyridine rings is 1. The molecule has 0 aliphatic rings. The van der Waals surface area contributed by atoms with Crippen LogP contribution in [-0.4, -0.2) is 10.8 Å². The summed E-state index contributed by atoms with van der Waals surface area (Å²) in [4.78, 5) is 18.4. The second-order valence-corrected chi connectivity index (χ2v) is 10.5. The Balaban J connectivity index is 1.93. The van der Waals surface area contributed by atoms with Crippen LogP contribution in [0.3, 0.4) is 0 Å². The molecule has 0 unspecified atom stereocenters. The Morgan fingerprint density at radius 2 is 1.55 bits per heavy atom. The zero-order valence-corrected chi connectivity index (χ0v) is 19.4. The number of carbonyl (C=O) groups excluding carboxylic acids is 1. The molecular weight excluding hydrogens is 398 g/mol. The highest BCUT2D eigenvalue weighted by atomic mass is 32.1. The van der Waals surface area contributed by atoms with E-state index in [0.717, 1.165) is 47.8 Å². The lowest BCUT2D eigenvalue weighted by molar-refractivity contribution is 0.0862. The lowest BCUT2D eigenvalue weighted by Crippen LogP contribution is -2.20. The highest BCUT2D eigenvalue weighted by molar-refractivity contribution is 7.26. The van der Waals surface area contributed by atoms with Crippen molar-refractivity contribution in [3.05, 3.63) is 77.5 Å². The summed E-state index contributed by atoms with van der Waals surface area (Å²) in [6, 6.07) is 19.1. The number of fused-ring (bicyclic) bond motifs is 4. The molecule has 3 aromatic carbocycles. The monoisotopic (exact) mass is 423 g/mol. The zero-order chi connectivity index (χ0) is 21.9. The highest BCUT2D eigenvalue weighted by Crippen LogP contribution is 2.44. The van der Waals surface area contributed by atoms with E-state index in [1.54, 1.807) is 11.3 Å². The predicted molar refractivity (Wildman–Crippen MR) is 133 cm³/mol. The largest absolute Gasteiger partial charge is 0.294 e. The molecule has 0 saturated carbocycles. The van der Waals surface area contributed by atoms with Gasteiger partial charge in [0.2, 0.25) is 0 Å². The molecule has 0 fully saturated rings. The molecule has 2 nitrogen and oxygen atoms in total. The predicted octanol–water partition coefficient (Wildman–Crippen LogP) is 8.12. The molecule has 31 heavy (non-hydrogen) atoms. The van der Waals surface area contributed by atoms with Gasteiger partial charge in [-0.3, -0.25) is 9.78 Å². The summed E-state index contributed by atoms with van der Waals surface area (Å²) in [5.74, 6) is 0.182. The van der Waals surface area contributed by atoms with E-state index in [4.69, 9.17) is 4.98 Å². The Labute approximate surface area is 186 Å². The van der Waals surface area contributed by atoms with Crippen molar-refractivity contribution in [2.75, 3.05) is 0 Å². The first kappa shape index (κ1) is 19.9. The SMILES string of the molecule is Cc1cc(C)cc(-c2nccc3c2sc2c(C(=O)C(C)(C)C)c4ccccc4cc23)c1. The number of hydrogen-bond donors (Lipinski definition) is 0. The highest BCUT2D eigenvalue weighted by Gasteiger charge is 2.28. The maximum absolute atomic E-state index is 13.6. The Kier molecular flexibility index (Phi) is 4.49. The van der Waals surface area contributed by atoms with Crippen molar-refractivity contribution < 1.29 is 4.79 Å². The zero-order valence-electron chi connectivity index (χ0n) is 18.5. The molecule has 0 atom stereocenters. The molecule has 0 aliphatic heterocycles. The topological polar surface area (TPSA) is 30.0 Å². The normalized spacial score (nSPS) is 12.2. The van der Waals surface area contributed by atoms with Crippen LogP contribution in [0, 0.1) is 19.3 Å². The molecule has 0 bridgehead atoms. The first-order valence-electron chi connectivity index (χ1n) is 10.6. The van der Waals surface area contributed by atoms with E-state index in [2.05, 4.69) is 56.3 Å². The number of aromatic nitrogens is 1. The Morgan fingerprint density at radius 3 is 2.26 bits per heavy atom. The van der Waals surface area contributed by atoms with Crippen molar-refractivity contribution in [2.45, 2.75) is 34.6 Å². The number of rotatable bonds is 2. The van der Waals surface area contributed by atoms with Crippen molar-refractivity contribution in [3.8, 4) is 11.3 Å². The van der Waals surface area contributed by atoms with E-state index >= 15 is 0 Å². The third kappa shape index (κ3) is 3.24. The standard InChI is InChI=1S/C28H25NOS/c1-16-12-17(2)14-19(13-16)24-26-21(10-11-29-24)22-15-18-8-6-7-9-20(18)23(25(22)31-26)27(30)28(3,4)5/h6-15H,1-5H3. The van der Waals surface area contributed by atoms with Crippen LogP contribution < -0.4 is 0 Å². The minimum absolute atomic E-state index is 0.182. The number of hydrogen-bond acceptors (Lipinski definition) is 3. The van der Waals surface area contributed by atoms with Gasteiger partial charge in [0.25, 0.3) is 0 Å². The molecule has 0 amide bonds. The average molecular weight is 424 g/mol. The molecular formula is C28H25NOS. The number of thiophene rings is 1. The summed E-state index contributed by atoms with van der Waals surface area (Å²) < 4.78 is 2.20. The van der Waals surface area contributed by atoms with E-state index < -0.39 is 5.41 Å². The number of carbonyl (C=O) groups is 1. The van der Waals surface area contributed by atoms with Crippen LogP contribution in [0.2, 0.25) is 0 Å². The summed E-state index contributed by atoms with van der Waals surface area (Å²) in [5.41, 5.74) is 4.95. The molecule has 5 rings (SSSR count). The Hall–Kier alpha value is -3.04. The van der Waals surface area contributed by atoms with Crippen LogP contribution in [0.15, 0.2) is 60.8 Å². The maximum atomic E-state index is 13.6. The summed E-state index contributed by atoms with van der Waals surface area (Å²) in [6.07, 6.45) is 1.89. The second-order valence-electron chi connectivity index (χ2n) is 9.44. The van der Waals surface area contributed by atoms with Gasteiger partial charge in [-0.1, -0.05) is 62.2 Å². The van der Waals surface area contributed by atoms with Gasteiger partial charge in [-0.15, -0.1) is 11.3 Å². The average Bonchev–Trinajstić information content (AvgIpc) is 3.08. The van der Waals surface area contributed by atoms with Crippen LogP contribution >= 0.6 is 11.3 Å². The fourth-order valence-corrected chi connectivity index (χ4v) is 5.76. The van der Waals surface area contributed by atoms with Gasteiger partial charge in [0, 0.05) is 38.2 Å². The van der Waals surface area contributed by atoms with Crippen molar-refractivity contribution in [1.82, 2.24) is 4.98 Å². The lowest BCUT2D eigenvalue weighted by Gasteiger charge is -2.18. The van der Waals surface area contributed by atoms with E-state index in [1.165, 1.54) is 11.1 Å². The number of Topliss-reactive ketones (excluding diaryl/α,β-unsaturated/α-hetero) is 1. The summed E-state index contributed by atoms with van der Waals surface area (Å²) in [7, 11) is 0. The number of nitrogens with zero attached hydrogens (tertiary/aromatic N) is 1. The lowest BCUT2D eigenvalue weighted by atomic mass is 9.84. The van der Waals surface area contributed by atoms with Crippen LogP contribution in [0.1, 0.15) is 42.3 Å². The van der Waals surface area contributed by atoms with Gasteiger partial charge in [0.05, 0.1) is 10.4 Å². The summed E-state index contributed by atoms with van der Waals surface area (Å²) in [6.45, 7) is 10.2. The number of aryl methyl sites for hydroxylation is 2. The molecule has 0 spiro atoms. The van der Waals surface area contributed by atoms with Crippen molar-refractivity contribution >= 4 is 48.1 Å². The minimum Gasteiger partial charge on any atom is -0.294 e. The van der Waals surface area contributed by atoms with Crippen molar-refractivity contribution in [2.24, 2.45) is 5.41 Å². The number of benzene rings is 3. The summed E-state index contributed by atoms with van der Waals surface area (Å²) >= 11 is 1.70. The van der Waals surface area contributed by atoms with E-state index in [1.807, 2.05) is 39.1 Å². The van der Waals surface area contributed by atoms with E-state index in [9.17, 15) is 4.79 Å². The molecule has 0 saturated heterocycles. The van der Waals surface area contributed by atoms with E-state index in [0.29, 0.717) is 0 Å². The van der Waals surface area contributed by atoms with Gasteiger partial charge in [-0.2, -0.15) is 0 Å². The van der Waals surface area contributed by atoms with Gasteiger partial charge in [-0.25, -0.2) is 0 Å². The molecule has 2 aromatic heterocycles. The van der Waals surface area contributed by atoms with Gasteiger partial charge < -0.3 is 0 Å². The molecule has 3 heteroatoms. The maximum Gasteiger partial charge on any atom is 0.170 e. The summed E-state index contributed by atoms with van der Waals surface area (Å²) in [5, 5.41) is 4.44.